The molecule has 2 rings (SSSR count). The monoisotopic (exact) mass is 1190 g/mol. The summed E-state index contributed by atoms with van der Waals surface area (Å²) in [5.74, 6) is -12.0. The molecule has 1 saturated heterocycles. The number of aromatic hydroxyl groups is 1. The molecule has 1 heterocycles. The number of amides is 11. The lowest BCUT2D eigenvalue weighted by Gasteiger charge is -2.30. The molecule has 1 aliphatic rings. The van der Waals surface area contributed by atoms with Gasteiger partial charge in [-0.25, -0.2) is 0 Å². The van der Waals surface area contributed by atoms with Crippen LogP contribution in [-0.2, 0) is 59.2 Å². The molecule has 458 valence electrons. The predicted molar refractivity (Wildman–Crippen MR) is 308 cm³/mol. The van der Waals surface area contributed by atoms with Gasteiger partial charge in [0, 0.05) is 44.4 Å². The summed E-state index contributed by atoms with van der Waals surface area (Å²) in [7, 11) is 1.98. The molecule has 1 fully saturated rings. The first-order chi connectivity index (χ1) is 38.5. The number of carbonyl (C=O) groups is 11. The standard InChI is InChI=1S/C50H83N17O13S2/c1-7-25(4)38-47(79)67-39(26(5)68)48(80)62-31(11-9-19-58-50(55)56)41(73)61-32(16-17-37(51)71)43(75)60-30(10-8-18-57-49(53)54)42(74)64-34(21-28-12-14-29(70)15-13-28)44(76)65-35(40(52)72)22-81-82-23-36(59-27(6)69)46(78)63-33(20-24(2)3)45(77)66-38/h12-15,24-26,30-36,38-39,68,70H,7-11,16-23H2,1-6H3,(H2,51,71)(H2,52,72)(H,59,69)(H,60,75)(H,61,73)(H,62,80)(H,63,78)(H,64,74)(H,65,76)(H,66,77)(H,67,79)(H4,53,54,57)(H4,55,56,58)/t25-,26+,30-,31-,32-,33-,34-,35+,36-,38+,39-/m0/s1. The maximum atomic E-state index is 14.5. The Balaban J connectivity index is 2.89. The number of phenolic OH excluding ortho intramolecular Hbond substituents is 1. The fraction of sp³-hybridized carbons (Fsp3) is 0.620. The Morgan fingerprint density at radius 2 is 1.06 bits per heavy atom. The van der Waals surface area contributed by atoms with Crippen LogP contribution < -0.4 is 82.3 Å². The molecule has 0 saturated carbocycles. The molecule has 30 nitrogen and oxygen atoms in total. The van der Waals surface area contributed by atoms with E-state index in [0.29, 0.717) is 12.0 Å². The van der Waals surface area contributed by atoms with Crippen LogP contribution in [-0.4, -0.2) is 172 Å². The number of nitrogens with two attached hydrogens (primary N) is 6. The smallest absolute Gasteiger partial charge is 0.245 e. The molecule has 11 atom stereocenters. The number of hydrogen-bond donors (Lipinski definition) is 17. The summed E-state index contributed by atoms with van der Waals surface area (Å²) in [6.45, 7) is 9.17. The minimum atomic E-state index is -1.79. The van der Waals surface area contributed by atoms with E-state index in [4.69, 9.17) is 34.4 Å². The van der Waals surface area contributed by atoms with Gasteiger partial charge >= 0.3 is 0 Å². The van der Waals surface area contributed by atoms with Crippen LogP contribution in [0, 0.1) is 11.8 Å². The van der Waals surface area contributed by atoms with Gasteiger partial charge in [-0.05, 0) is 75.0 Å². The minimum Gasteiger partial charge on any atom is -0.508 e. The molecule has 0 radical (unpaired) electrons. The van der Waals surface area contributed by atoms with Gasteiger partial charge in [-0.3, -0.25) is 62.7 Å². The van der Waals surface area contributed by atoms with E-state index in [1.807, 2.05) is 0 Å². The van der Waals surface area contributed by atoms with Crippen molar-refractivity contribution in [3.05, 3.63) is 29.8 Å². The molecule has 32 heteroatoms. The number of guanidine groups is 2. The van der Waals surface area contributed by atoms with Crippen molar-refractivity contribution in [3.8, 4) is 5.75 Å². The van der Waals surface area contributed by atoms with Gasteiger partial charge in [-0.15, -0.1) is 0 Å². The topological polar surface area (TPSA) is 517 Å². The summed E-state index contributed by atoms with van der Waals surface area (Å²) < 4.78 is 0. The SMILES string of the molecule is CC[C@H](C)[C@H]1NC(=O)[C@H](CC(C)C)NC(=O)[C@@H](NC(C)=O)CSSC[C@H](C(N)=O)NC(=O)[C@H](Cc2ccc(O)cc2)NC(=O)[C@H](CCCN=C(N)N)NC(=O)[C@H](CCC(N)=O)NC(=O)[C@H](CCCN=C(N)N)NC(=O)[C@H]([C@@H](C)O)NC1=O. The number of aliphatic imine (C=N–C) groups is 2. The third-order valence-electron chi connectivity index (χ3n) is 12.6. The molecule has 0 aromatic heterocycles. The van der Waals surface area contributed by atoms with Crippen LogP contribution in [0.2, 0.25) is 0 Å². The van der Waals surface area contributed by atoms with Gasteiger partial charge in [-0.2, -0.15) is 0 Å². The average Bonchev–Trinajstić information content (AvgIpc) is 3.40. The highest BCUT2D eigenvalue weighted by atomic mass is 33.1. The summed E-state index contributed by atoms with van der Waals surface area (Å²) in [6, 6.07) is -7.84. The van der Waals surface area contributed by atoms with Crippen molar-refractivity contribution >= 4 is 98.5 Å². The quantitative estimate of drug-likeness (QED) is 0.0252. The lowest BCUT2D eigenvalue weighted by atomic mass is 9.96. The Morgan fingerprint density at radius 1 is 0.610 bits per heavy atom. The zero-order valence-electron chi connectivity index (χ0n) is 47.0. The van der Waals surface area contributed by atoms with Crippen molar-refractivity contribution in [1.82, 2.24) is 47.9 Å². The zero-order valence-corrected chi connectivity index (χ0v) is 48.6. The number of carbonyl (C=O) groups excluding carboxylic acids is 11. The van der Waals surface area contributed by atoms with Gasteiger partial charge in [0.25, 0.3) is 0 Å². The van der Waals surface area contributed by atoms with E-state index >= 15 is 0 Å². The fourth-order valence-electron chi connectivity index (χ4n) is 7.96. The number of hydrogen-bond acceptors (Lipinski definition) is 17. The van der Waals surface area contributed by atoms with Crippen LogP contribution >= 0.6 is 21.6 Å². The van der Waals surface area contributed by atoms with Crippen molar-refractivity contribution in [2.75, 3.05) is 24.6 Å². The molecule has 1 aromatic rings. The van der Waals surface area contributed by atoms with E-state index in [9.17, 15) is 63.0 Å². The molecular weight excluding hydrogens is 1110 g/mol. The van der Waals surface area contributed by atoms with Crippen molar-refractivity contribution in [3.63, 3.8) is 0 Å². The summed E-state index contributed by atoms with van der Waals surface area (Å²) in [5.41, 5.74) is 33.7. The van der Waals surface area contributed by atoms with Gasteiger partial charge in [0.15, 0.2) is 11.9 Å². The second-order valence-corrected chi connectivity index (χ2v) is 22.6. The Hall–Kier alpha value is -7.61. The third kappa shape index (κ3) is 26.3. The second kappa shape index (κ2) is 36.0. The fourth-order valence-corrected chi connectivity index (χ4v) is 10.3. The molecular formula is C50H83N17O13S2. The largest absolute Gasteiger partial charge is 0.508 e. The highest BCUT2D eigenvalue weighted by Gasteiger charge is 2.38. The van der Waals surface area contributed by atoms with Crippen molar-refractivity contribution < 1.29 is 63.0 Å². The first-order valence-corrected chi connectivity index (χ1v) is 29.1. The molecule has 82 heavy (non-hydrogen) atoms. The first kappa shape index (κ1) is 70.5. The van der Waals surface area contributed by atoms with Crippen LogP contribution in [0.5, 0.6) is 5.75 Å². The number of primary amides is 2. The Bertz CT molecular complexity index is 2430. The summed E-state index contributed by atoms with van der Waals surface area (Å²) >= 11 is 0. The van der Waals surface area contributed by atoms with Gasteiger partial charge in [0.05, 0.1) is 6.10 Å². The molecule has 23 N–H and O–H groups in total. The molecule has 11 amide bonds. The molecule has 0 unspecified atom stereocenters. The van der Waals surface area contributed by atoms with Crippen LogP contribution in [0.25, 0.3) is 0 Å². The maximum Gasteiger partial charge on any atom is 0.245 e. The van der Waals surface area contributed by atoms with E-state index in [-0.39, 0.29) is 86.7 Å². The Morgan fingerprint density at radius 3 is 1.54 bits per heavy atom. The van der Waals surface area contributed by atoms with Crippen molar-refractivity contribution in [1.29, 1.82) is 0 Å². The molecule has 1 aromatic carbocycles. The maximum absolute atomic E-state index is 14.5. The van der Waals surface area contributed by atoms with E-state index < -0.39 is 144 Å². The van der Waals surface area contributed by atoms with E-state index in [1.165, 1.54) is 38.1 Å². The molecule has 1 aliphatic heterocycles. The highest BCUT2D eigenvalue weighted by molar-refractivity contribution is 8.76. The predicted octanol–water partition coefficient (Wildman–Crippen LogP) is -4.96. The summed E-state index contributed by atoms with van der Waals surface area (Å²) in [6.07, 6.45) is -2.86. The Kier molecular flexibility index (Phi) is 30.9. The number of nitrogens with one attached hydrogen (secondary N) is 9. The lowest BCUT2D eigenvalue weighted by molar-refractivity contribution is -0.138. The van der Waals surface area contributed by atoms with Crippen LogP contribution in [0.4, 0.5) is 0 Å². The van der Waals surface area contributed by atoms with Crippen molar-refractivity contribution in [2.24, 2.45) is 56.2 Å². The average molecular weight is 1190 g/mol. The van der Waals surface area contributed by atoms with Gasteiger partial charge in [-0.1, -0.05) is 67.8 Å². The highest BCUT2D eigenvalue weighted by Crippen LogP contribution is 2.24. The Labute approximate surface area is 483 Å². The number of nitrogens with zero attached hydrogens (tertiary/aromatic N) is 2. The van der Waals surface area contributed by atoms with Gasteiger partial charge < -0.3 is 92.5 Å². The van der Waals surface area contributed by atoms with Crippen LogP contribution in [0.15, 0.2) is 34.3 Å². The first-order valence-electron chi connectivity index (χ1n) is 26.6. The molecule has 0 spiro atoms. The van der Waals surface area contributed by atoms with Crippen LogP contribution in [0.1, 0.15) is 98.5 Å². The van der Waals surface area contributed by atoms with E-state index in [2.05, 4.69) is 57.8 Å². The van der Waals surface area contributed by atoms with Gasteiger partial charge in [0.2, 0.25) is 65.0 Å². The van der Waals surface area contributed by atoms with E-state index in [0.717, 1.165) is 21.6 Å². The van der Waals surface area contributed by atoms with E-state index in [1.54, 1.807) is 27.7 Å². The van der Waals surface area contributed by atoms with Gasteiger partial charge in [0.1, 0.15) is 60.1 Å². The number of rotatable bonds is 20. The summed E-state index contributed by atoms with van der Waals surface area (Å²) in [5, 5.41) is 44.0. The number of benzene rings is 1. The number of aliphatic hydroxyl groups excluding tert-OH is 1. The number of phenols is 1. The summed E-state index contributed by atoms with van der Waals surface area (Å²) in [4.78, 5) is 159. The third-order valence-corrected chi connectivity index (χ3v) is 15.0. The molecule has 0 aliphatic carbocycles. The van der Waals surface area contributed by atoms with Crippen LogP contribution in [0.3, 0.4) is 0 Å². The zero-order chi connectivity index (χ0) is 61.8. The molecule has 0 bridgehead atoms. The minimum absolute atomic E-state index is 0.0245. The second-order valence-electron chi connectivity index (χ2n) is 20.1. The number of aliphatic hydroxyl groups is 1. The van der Waals surface area contributed by atoms with Crippen molar-refractivity contribution in [2.45, 2.75) is 160 Å². The lowest BCUT2D eigenvalue weighted by Crippen LogP contribution is -2.62. The normalized spacial score (nSPS) is 24.3.